The fraction of sp³-hybridized carbons (Fsp3) is 0.312. The Labute approximate surface area is 148 Å². The van der Waals surface area contributed by atoms with Crippen molar-refractivity contribution in [1.29, 1.82) is 0 Å². The molecule has 0 radical (unpaired) electrons. The number of hydrogen-bond donors (Lipinski definition) is 1. The van der Waals surface area contributed by atoms with Gasteiger partial charge >= 0.3 is 0 Å². The highest BCUT2D eigenvalue weighted by Crippen LogP contribution is 2.27. The second-order valence-electron chi connectivity index (χ2n) is 5.31. The zero-order valence-electron chi connectivity index (χ0n) is 13.6. The van der Waals surface area contributed by atoms with Gasteiger partial charge in [-0.1, -0.05) is 17.8 Å². The standard InChI is InChI=1S/C16H18N4O2S2/c1-10-13(6-7-22-10)14-18-19-16(20(14)3)24-11(2)15(21)17-9-12-5-4-8-23-12/h4-8,11H,9H2,1-3H3,(H,17,21)/t11-/m1/s1. The smallest absolute Gasteiger partial charge is 0.233 e. The van der Waals surface area contributed by atoms with E-state index in [4.69, 9.17) is 4.42 Å². The summed E-state index contributed by atoms with van der Waals surface area (Å²) in [7, 11) is 1.89. The average Bonchev–Trinajstić information content (AvgIpc) is 3.29. The maximum Gasteiger partial charge on any atom is 0.233 e. The Morgan fingerprint density at radius 3 is 2.96 bits per heavy atom. The molecule has 0 saturated carbocycles. The molecule has 0 aliphatic rings. The SMILES string of the molecule is Cc1occc1-c1nnc(S[C@H](C)C(=O)NCc2cccs2)n1C. The topological polar surface area (TPSA) is 72.9 Å². The van der Waals surface area contributed by atoms with Crippen LogP contribution in [0.5, 0.6) is 0 Å². The zero-order chi connectivity index (χ0) is 17.1. The maximum absolute atomic E-state index is 12.2. The molecule has 3 heterocycles. The van der Waals surface area contributed by atoms with Crippen LogP contribution in [0.25, 0.3) is 11.4 Å². The Kier molecular flexibility index (Phi) is 5.06. The van der Waals surface area contributed by atoms with E-state index in [1.165, 1.54) is 11.8 Å². The Bertz CT molecular complexity index is 823. The molecule has 8 heteroatoms. The summed E-state index contributed by atoms with van der Waals surface area (Å²) < 4.78 is 7.20. The molecular weight excluding hydrogens is 344 g/mol. The van der Waals surface area contributed by atoms with Crippen LogP contribution in [0.2, 0.25) is 0 Å². The number of carbonyl (C=O) groups excluding carboxylic acids is 1. The zero-order valence-corrected chi connectivity index (χ0v) is 15.3. The van der Waals surface area contributed by atoms with Crippen molar-refractivity contribution in [2.24, 2.45) is 7.05 Å². The predicted molar refractivity (Wildman–Crippen MR) is 94.9 cm³/mol. The molecule has 1 N–H and O–H groups in total. The Morgan fingerprint density at radius 2 is 2.29 bits per heavy atom. The molecule has 3 aromatic rings. The van der Waals surface area contributed by atoms with E-state index >= 15 is 0 Å². The van der Waals surface area contributed by atoms with Gasteiger partial charge in [-0.15, -0.1) is 21.5 Å². The molecule has 1 amide bonds. The first kappa shape index (κ1) is 16.8. The number of rotatable bonds is 6. The van der Waals surface area contributed by atoms with E-state index < -0.39 is 0 Å². The number of hydrogen-bond acceptors (Lipinski definition) is 6. The summed E-state index contributed by atoms with van der Waals surface area (Å²) >= 11 is 3.02. The molecule has 6 nitrogen and oxygen atoms in total. The van der Waals surface area contributed by atoms with Crippen molar-refractivity contribution in [3.8, 4) is 11.4 Å². The fourth-order valence-corrected chi connectivity index (χ4v) is 3.70. The van der Waals surface area contributed by atoms with Crippen molar-refractivity contribution in [1.82, 2.24) is 20.1 Å². The lowest BCUT2D eigenvalue weighted by Crippen LogP contribution is -2.30. The van der Waals surface area contributed by atoms with Crippen LogP contribution in [0.4, 0.5) is 0 Å². The lowest BCUT2D eigenvalue weighted by molar-refractivity contribution is -0.120. The second kappa shape index (κ2) is 7.23. The van der Waals surface area contributed by atoms with Crippen molar-refractivity contribution in [2.75, 3.05) is 0 Å². The monoisotopic (exact) mass is 362 g/mol. The van der Waals surface area contributed by atoms with Gasteiger partial charge in [0.2, 0.25) is 5.91 Å². The van der Waals surface area contributed by atoms with Crippen LogP contribution in [-0.2, 0) is 18.4 Å². The summed E-state index contributed by atoms with van der Waals surface area (Å²) in [6, 6.07) is 5.85. The van der Waals surface area contributed by atoms with E-state index in [2.05, 4.69) is 15.5 Å². The number of nitrogens with one attached hydrogen (secondary N) is 1. The third-order valence-electron chi connectivity index (χ3n) is 3.60. The van der Waals surface area contributed by atoms with Gasteiger partial charge < -0.3 is 14.3 Å². The van der Waals surface area contributed by atoms with Crippen LogP contribution >= 0.6 is 23.1 Å². The van der Waals surface area contributed by atoms with Gasteiger partial charge in [0.05, 0.1) is 23.6 Å². The summed E-state index contributed by atoms with van der Waals surface area (Å²) in [5.41, 5.74) is 0.909. The van der Waals surface area contributed by atoms with Crippen molar-refractivity contribution < 1.29 is 9.21 Å². The number of thiophene rings is 1. The number of aryl methyl sites for hydroxylation is 1. The van der Waals surface area contributed by atoms with Crippen molar-refractivity contribution in [2.45, 2.75) is 30.8 Å². The van der Waals surface area contributed by atoms with Crippen LogP contribution in [0.1, 0.15) is 17.6 Å². The second-order valence-corrected chi connectivity index (χ2v) is 7.65. The molecule has 3 rings (SSSR count). The summed E-state index contributed by atoms with van der Waals surface area (Å²) in [5.74, 6) is 1.51. The molecule has 0 aromatic carbocycles. The summed E-state index contributed by atoms with van der Waals surface area (Å²) in [6.07, 6.45) is 1.63. The minimum Gasteiger partial charge on any atom is -0.469 e. The molecular formula is C16H18N4O2S2. The minimum absolute atomic E-state index is 0.0163. The molecule has 0 spiro atoms. The molecule has 0 saturated heterocycles. The maximum atomic E-state index is 12.2. The molecule has 3 aromatic heterocycles. The lowest BCUT2D eigenvalue weighted by atomic mass is 10.2. The van der Waals surface area contributed by atoms with Gasteiger partial charge in [-0.25, -0.2) is 0 Å². The van der Waals surface area contributed by atoms with Gasteiger partial charge in [0, 0.05) is 11.9 Å². The number of nitrogens with zero attached hydrogens (tertiary/aromatic N) is 3. The van der Waals surface area contributed by atoms with E-state index in [0.717, 1.165) is 22.0 Å². The van der Waals surface area contributed by atoms with Gasteiger partial charge in [0.15, 0.2) is 11.0 Å². The summed E-state index contributed by atoms with van der Waals surface area (Å²) in [6.45, 7) is 4.31. The van der Waals surface area contributed by atoms with Crippen LogP contribution in [-0.4, -0.2) is 25.9 Å². The molecule has 0 bridgehead atoms. The van der Waals surface area contributed by atoms with Crippen molar-refractivity contribution in [3.63, 3.8) is 0 Å². The van der Waals surface area contributed by atoms with Crippen molar-refractivity contribution >= 4 is 29.0 Å². The number of aromatic nitrogens is 3. The fourth-order valence-electron chi connectivity index (χ4n) is 2.21. The first-order chi connectivity index (χ1) is 11.6. The third kappa shape index (κ3) is 3.54. The molecule has 24 heavy (non-hydrogen) atoms. The van der Waals surface area contributed by atoms with Gasteiger partial charge in [-0.05, 0) is 31.4 Å². The van der Waals surface area contributed by atoms with E-state index in [9.17, 15) is 4.79 Å². The van der Waals surface area contributed by atoms with E-state index in [0.29, 0.717) is 11.7 Å². The van der Waals surface area contributed by atoms with Crippen molar-refractivity contribution in [3.05, 3.63) is 40.5 Å². The van der Waals surface area contributed by atoms with Gasteiger partial charge in [-0.2, -0.15) is 0 Å². The molecule has 1 atom stereocenters. The van der Waals surface area contributed by atoms with Gasteiger partial charge in [-0.3, -0.25) is 4.79 Å². The molecule has 0 unspecified atom stereocenters. The van der Waals surface area contributed by atoms with Gasteiger partial charge in [0.25, 0.3) is 0 Å². The van der Waals surface area contributed by atoms with Crippen LogP contribution in [0.15, 0.2) is 39.4 Å². The molecule has 0 aliphatic heterocycles. The average molecular weight is 362 g/mol. The first-order valence-electron chi connectivity index (χ1n) is 7.47. The Balaban J connectivity index is 1.64. The first-order valence-corrected chi connectivity index (χ1v) is 9.23. The third-order valence-corrected chi connectivity index (χ3v) is 5.61. The Morgan fingerprint density at radius 1 is 1.46 bits per heavy atom. The largest absolute Gasteiger partial charge is 0.469 e. The highest BCUT2D eigenvalue weighted by molar-refractivity contribution is 8.00. The van der Waals surface area contributed by atoms with Crippen LogP contribution in [0, 0.1) is 6.92 Å². The highest BCUT2D eigenvalue weighted by Gasteiger charge is 2.20. The summed E-state index contributed by atoms with van der Waals surface area (Å²) in [4.78, 5) is 13.4. The van der Waals surface area contributed by atoms with E-state index in [-0.39, 0.29) is 11.2 Å². The summed E-state index contributed by atoms with van der Waals surface area (Å²) in [5, 5.41) is 13.8. The molecule has 0 aliphatic carbocycles. The highest BCUT2D eigenvalue weighted by atomic mass is 32.2. The number of thioether (sulfide) groups is 1. The van der Waals surface area contributed by atoms with Gasteiger partial charge in [0.1, 0.15) is 5.76 Å². The Hall–Kier alpha value is -2.06. The lowest BCUT2D eigenvalue weighted by Gasteiger charge is -2.11. The van der Waals surface area contributed by atoms with Crippen LogP contribution < -0.4 is 5.32 Å². The predicted octanol–water partition coefficient (Wildman–Crippen LogP) is 3.24. The van der Waals surface area contributed by atoms with E-state index in [1.807, 2.05) is 49.0 Å². The quantitative estimate of drug-likeness (QED) is 0.682. The minimum atomic E-state index is -0.258. The number of carbonyl (C=O) groups is 1. The number of amides is 1. The molecule has 126 valence electrons. The van der Waals surface area contributed by atoms with E-state index in [1.54, 1.807) is 17.6 Å². The molecule has 0 fully saturated rings. The normalized spacial score (nSPS) is 12.3. The number of furan rings is 1. The van der Waals surface area contributed by atoms with Crippen LogP contribution in [0.3, 0.4) is 0 Å².